The monoisotopic (exact) mass is 478 g/mol. The van der Waals surface area contributed by atoms with Gasteiger partial charge in [-0.25, -0.2) is 0 Å². The van der Waals surface area contributed by atoms with E-state index in [-0.39, 0.29) is 11.6 Å². The Bertz CT molecular complexity index is 1190. The van der Waals surface area contributed by atoms with Crippen molar-refractivity contribution in [2.45, 2.75) is 33.4 Å². The number of benzene rings is 2. The first-order valence-corrected chi connectivity index (χ1v) is 12.3. The molecule has 0 spiro atoms. The standard InChI is InChI=1S/C27H34N4O2S/c1-19-15-20(2)24-17-23(26(32)29-25(24)16-19)18-31(10-9-30-11-13-33-14-12-30)27(34)28-21(3)22-7-5-4-6-8-22/h4-8,15-17,21H,9-14,18H2,1-3H3,(H,28,34)(H,29,32). The van der Waals surface area contributed by atoms with E-state index in [0.29, 0.717) is 11.7 Å². The molecule has 1 aromatic heterocycles. The van der Waals surface area contributed by atoms with Crippen LogP contribution in [0.15, 0.2) is 53.3 Å². The van der Waals surface area contributed by atoms with Gasteiger partial charge >= 0.3 is 0 Å². The van der Waals surface area contributed by atoms with Crippen LogP contribution in [0, 0.1) is 13.8 Å². The highest BCUT2D eigenvalue weighted by Crippen LogP contribution is 2.19. The number of rotatable bonds is 7. The van der Waals surface area contributed by atoms with E-state index in [4.69, 9.17) is 17.0 Å². The molecule has 2 aromatic carbocycles. The molecule has 34 heavy (non-hydrogen) atoms. The smallest absolute Gasteiger partial charge is 0.253 e. The molecule has 1 aliphatic rings. The van der Waals surface area contributed by atoms with Gasteiger partial charge in [0.05, 0.1) is 25.8 Å². The number of hydrogen-bond acceptors (Lipinski definition) is 4. The summed E-state index contributed by atoms with van der Waals surface area (Å²) in [4.78, 5) is 20.6. The molecule has 1 unspecified atom stereocenters. The molecule has 0 bridgehead atoms. The number of nitrogens with zero attached hydrogens (tertiary/aromatic N) is 2. The zero-order valence-corrected chi connectivity index (χ0v) is 21.1. The van der Waals surface area contributed by atoms with Crippen LogP contribution in [0.4, 0.5) is 0 Å². The molecule has 0 saturated carbocycles. The Labute approximate surface area is 206 Å². The van der Waals surface area contributed by atoms with Crippen molar-refractivity contribution in [1.82, 2.24) is 20.1 Å². The lowest BCUT2D eigenvalue weighted by Gasteiger charge is -2.32. The number of fused-ring (bicyclic) bond motifs is 1. The van der Waals surface area contributed by atoms with Crippen molar-refractivity contribution in [1.29, 1.82) is 0 Å². The van der Waals surface area contributed by atoms with Crippen LogP contribution >= 0.6 is 12.2 Å². The molecular weight excluding hydrogens is 444 g/mol. The number of pyridine rings is 1. The van der Waals surface area contributed by atoms with Crippen molar-refractivity contribution in [2.75, 3.05) is 39.4 Å². The van der Waals surface area contributed by atoms with Gasteiger partial charge in [0.2, 0.25) is 0 Å². The number of aromatic amines is 1. The van der Waals surface area contributed by atoms with Crippen LogP contribution in [-0.2, 0) is 11.3 Å². The number of ether oxygens (including phenoxy) is 1. The summed E-state index contributed by atoms with van der Waals surface area (Å²) >= 11 is 5.86. The van der Waals surface area contributed by atoms with Gasteiger partial charge in [0.1, 0.15) is 0 Å². The molecule has 1 atom stereocenters. The van der Waals surface area contributed by atoms with E-state index in [1.165, 1.54) is 5.56 Å². The maximum absolute atomic E-state index is 13.0. The first-order chi connectivity index (χ1) is 16.4. The zero-order chi connectivity index (χ0) is 24.1. The van der Waals surface area contributed by atoms with Gasteiger partial charge in [-0.15, -0.1) is 0 Å². The maximum Gasteiger partial charge on any atom is 0.253 e. The SMILES string of the molecule is Cc1cc(C)c2cc(CN(CCN3CCOCC3)C(=S)NC(C)c3ccccc3)c(=O)[nH]c2c1. The zero-order valence-electron chi connectivity index (χ0n) is 20.3. The van der Waals surface area contributed by atoms with Crippen molar-refractivity contribution >= 4 is 28.2 Å². The molecule has 2 N–H and O–H groups in total. The third kappa shape index (κ3) is 6.03. The van der Waals surface area contributed by atoms with Crippen LogP contribution in [0.1, 0.15) is 35.2 Å². The van der Waals surface area contributed by atoms with Gasteiger partial charge in [0.25, 0.3) is 5.56 Å². The lowest BCUT2D eigenvalue weighted by Crippen LogP contribution is -2.46. The van der Waals surface area contributed by atoms with Crippen molar-refractivity contribution in [3.63, 3.8) is 0 Å². The Morgan fingerprint density at radius 3 is 2.65 bits per heavy atom. The van der Waals surface area contributed by atoms with Crippen LogP contribution in [0.2, 0.25) is 0 Å². The maximum atomic E-state index is 13.0. The second-order valence-electron chi connectivity index (χ2n) is 9.12. The van der Waals surface area contributed by atoms with Crippen molar-refractivity contribution in [3.8, 4) is 0 Å². The summed E-state index contributed by atoms with van der Waals surface area (Å²) in [6.07, 6.45) is 0. The van der Waals surface area contributed by atoms with Gasteiger partial charge in [0.15, 0.2) is 5.11 Å². The molecule has 4 rings (SSSR count). The number of hydrogen-bond donors (Lipinski definition) is 2. The Kier molecular flexibility index (Phi) is 7.98. The lowest BCUT2D eigenvalue weighted by molar-refractivity contribution is 0.0357. The second kappa shape index (κ2) is 11.1. The van der Waals surface area contributed by atoms with Crippen molar-refractivity contribution < 1.29 is 4.74 Å². The van der Waals surface area contributed by atoms with Crippen LogP contribution in [0.25, 0.3) is 10.9 Å². The minimum Gasteiger partial charge on any atom is -0.379 e. The fourth-order valence-electron chi connectivity index (χ4n) is 4.48. The highest BCUT2D eigenvalue weighted by atomic mass is 32.1. The summed E-state index contributed by atoms with van der Waals surface area (Å²) in [5.41, 5.74) is 5.01. The molecule has 3 aromatic rings. The molecule has 2 heterocycles. The van der Waals surface area contributed by atoms with E-state index < -0.39 is 0 Å². The van der Waals surface area contributed by atoms with Crippen LogP contribution in [0.5, 0.6) is 0 Å². The highest BCUT2D eigenvalue weighted by Gasteiger charge is 2.18. The number of morpholine rings is 1. The van der Waals surface area contributed by atoms with Gasteiger partial charge in [-0.3, -0.25) is 9.69 Å². The number of aromatic nitrogens is 1. The first-order valence-electron chi connectivity index (χ1n) is 11.9. The first kappa shape index (κ1) is 24.4. The number of nitrogens with one attached hydrogen (secondary N) is 2. The minimum atomic E-state index is -0.0622. The van der Waals surface area contributed by atoms with Gasteiger partial charge in [-0.05, 0) is 61.8 Å². The quantitative estimate of drug-likeness (QED) is 0.502. The molecule has 0 amide bonds. The largest absolute Gasteiger partial charge is 0.379 e. The fourth-order valence-corrected chi connectivity index (χ4v) is 4.81. The molecule has 1 saturated heterocycles. The van der Waals surface area contributed by atoms with Gasteiger partial charge in [-0.2, -0.15) is 0 Å². The molecule has 180 valence electrons. The molecule has 0 aliphatic carbocycles. The van der Waals surface area contributed by atoms with E-state index in [2.05, 4.69) is 52.1 Å². The molecular formula is C27H34N4O2S. The van der Waals surface area contributed by atoms with E-state index in [0.717, 1.165) is 67.0 Å². The summed E-state index contributed by atoms with van der Waals surface area (Å²) in [7, 11) is 0. The number of thiocarbonyl (C=S) groups is 1. The Hall–Kier alpha value is -2.74. The minimum absolute atomic E-state index is 0.0622. The normalized spacial score (nSPS) is 15.3. The summed E-state index contributed by atoms with van der Waals surface area (Å²) in [5.74, 6) is 0. The van der Waals surface area contributed by atoms with E-state index in [1.807, 2.05) is 37.3 Å². The van der Waals surface area contributed by atoms with E-state index in [1.54, 1.807) is 0 Å². The molecule has 7 heteroatoms. The Morgan fingerprint density at radius 2 is 1.91 bits per heavy atom. The molecule has 6 nitrogen and oxygen atoms in total. The number of aryl methyl sites for hydroxylation is 2. The van der Waals surface area contributed by atoms with Crippen molar-refractivity contribution in [3.05, 3.63) is 81.1 Å². The summed E-state index contributed by atoms with van der Waals surface area (Å²) in [6.45, 7) is 11.7. The number of H-pyrrole nitrogens is 1. The third-order valence-corrected chi connectivity index (χ3v) is 6.84. The summed E-state index contributed by atoms with van der Waals surface area (Å²) < 4.78 is 5.49. The fraction of sp³-hybridized carbons (Fsp3) is 0.407. The average molecular weight is 479 g/mol. The summed E-state index contributed by atoms with van der Waals surface area (Å²) in [5, 5.41) is 5.21. The lowest BCUT2D eigenvalue weighted by atomic mass is 10.0. The van der Waals surface area contributed by atoms with Crippen LogP contribution in [-0.4, -0.2) is 59.3 Å². The van der Waals surface area contributed by atoms with Crippen LogP contribution < -0.4 is 10.9 Å². The van der Waals surface area contributed by atoms with Crippen LogP contribution in [0.3, 0.4) is 0 Å². The van der Waals surface area contributed by atoms with Gasteiger partial charge < -0.3 is 19.9 Å². The second-order valence-corrected chi connectivity index (χ2v) is 9.51. The third-order valence-electron chi connectivity index (χ3n) is 6.47. The topological polar surface area (TPSA) is 60.6 Å². The van der Waals surface area contributed by atoms with Gasteiger partial charge in [0, 0.05) is 42.6 Å². The predicted molar refractivity (Wildman–Crippen MR) is 142 cm³/mol. The molecule has 0 radical (unpaired) electrons. The molecule has 1 aliphatic heterocycles. The highest BCUT2D eigenvalue weighted by molar-refractivity contribution is 7.80. The summed E-state index contributed by atoms with van der Waals surface area (Å²) in [6, 6.07) is 16.5. The van der Waals surface area contributed by atoms with Gasteiger partial charge in [-0.1, -0.05) is 36.4 Å². The Morgan fingerprint density at radius 1 is 1.18 bits per heavy atom. The van der Waals surface area contributed by atoms with E-state index in [9.17, 15) is 4.79 Å². The predicted octanol–water partition coefficient (Wildman–Crippen LogP) is 3.91. The van der Waals surface area contributed by atoms with Crippen molar-refractivity contribution in [2.24, 2.45) is 0 Å². The Balaban J connectivity index is 1.56. The molecule has 1 fully saturated rings. The van der Waals surface area contributed by atoms with E-state index >= 15 is 0 Å². The average Bonchev–Trinajstić information content (AvgIpc) is 2.83.